The zero-order chi connectivity index (χ0) is 34.5. The Labute approximate surface area is 292 Å². The van der Waals surface area contributed by atoms with Crippen molar-refractivity contribution < 1.29 is 5.11 Å². The van der Waals surface area contributed by atoms with Gasteiger partial charge >= 0.3 is 0 Å². The third-order valence-electron chi connectivity index (χ3n) is 8.54. The minimum absolute atomic E-state index is 0.181. The molecule has 1 aromatic rings. The van der Waals surface area contributed by atoms with Gasteiger partial charge in [-0.05, 0) is 56.9 Å². The first-order valence-corrected chi connectivity index (χ1v) is 20.4. The van der Waals surface area contributed by atoms with Gasteiger partial charge in [0.15, 0.2) is 0 Å². The number of unbranched alkanes of at least 4 members (excludes halogenated alkanes) is 17. The van der Waals surface area contributed by atoms with Crippen molar-refractivity contribution in [1.29, 1.82) is 0 Å². The van der Waals surface area contributed by atoms with Crippen LogP contribution in [0.3, 0.4) is 0 Å². The molecule has 0 amide bonds. The van der Waals surface area contributed by atoms with Crippen molar-refractivity contribution >= 4 is 17.3 Å². The molecule has 1 heterocycles. The molecule has 0 aliphatic heterocycles. The minimum atomic E-state index is 0.181. The zero-order valence-corrected chi connectivity index (χ0v) is 32.4. The Balaban J connectivity index is 0. The lowest BCUT2D eigenvalue weighted by molar-refractivity contribution is 0.302. The molecule has 0 aliphatic carbocycles. The van der Waals surface area contributed by atoms with Crippen LogP contribution >= 0.6 is 11.7 Å². The van der Waals surface area contributed by atoms with E-state index in [1.54, 1.807) is 0 Å². The summed E-state index contributed by atoms with van der Waals surface area (Å²) < 4.78 is 9.37. The fourth-order valence-electron chi connectivity index (χ4n) is 5.93. The standard InChI is InChI=1S/C37H69N3OS.C2H6.C2H4/c1-5-8-10-12-13-14-15-16-17-18-19-20-22-23-27-33(4)38-35(26-7-3)31-30-34(28-25-32-41)37-36(39-42-40-37)29-24-21-11-9-6-2;2*1-2/h28,35,38,41H,4-27,29-32H2,1-3H3;1-2H3;1-2H2/b34-28+;;. The maximum absolute atomic E-state index is 9.51. The average Bonchev–Trinajstić information content (AvgIpc) is 3.55. The van der Waals surface area contributed by atoms with Crippen LogP contribution in [0.15, 0.2) is 31.5 Å². The quantitative estimate of drug-likeness (QED) is 0.0614. The third-order valence-corrected chi connectivity index (χ3v) is 9.10. The van der Waals surface area contributed by atoms with Crippen molar-refractivity contribution in [3.8, 4) is 0 Å². The van der Waals surface area contributed by atoms with Gasteiger partial charge < -0.3 is 10.4 Å². The largest absolute Gasteiger partial charge is 0.396 e. The second kappa shape index (κ2) is 38.0. The lowest BCUT2D eigenvalue weighted by Crippen LogP contribution is -2.28. The van der Waals surface area contributed by atoms with E-state index in [1.807, 2.05) is 13.8 Å². The highest BCUT2D eigenvalue weighted by atomic mass is 32.1. The van der Waals surface area contributed by atoms with Gasteiger partial charge in [0.1, 0.15) is 5.69 Å². The van der Waals surface area contributed by atoms with Gasteiger partial charge in [0.2, 0.25) is 0 Å². The molecule has 5 heteroatoms. The maximum atomic E-state index is 9.51. The Morgan fingerprint density at radius 1 is 0.696 bits per heavy atom. The van der Waals surface area contributed by atoms with Crippen LogP contribution in [0, 0.1) is 0 Å². The predicted octanol–water partition coefficient (Wildman–Crippen LogP) is 13.6. The van der Waals surface area contributed by atoms with Crippen LogP contribution in [0.2, 0.25) is 0 Å². The molecule has 1 rings (SSSR count). The average molecular weight is 662 g/mol. The van der Waals surface area contributed by atoms with E-state index in [9.17, 15) is 5.11 Å². The molecule has 0 spiro atoms. The molecule has 1 unspecified atom stereocenters. The highest BCUT2D eigenvalue weighted by molar-refractivity contribution is 6.99. The van der Waals surface area contributed by atoms with Crippen LogP contribution in [0.5, 0.6) is 0 Å². The van der Waals surface area contributed by atoms with Gasteiger partial charge in [-0.25, -0.2) is 0 Å². The molecule has 46 heavy (non-hydrogen) atoms. The molecule has 4 nitrogen and oxygen atoms in total. The lowest BCUT2D eigenvalue weighted by atomic mass is 9.96. The number of aliphatic hydroxyl groups is 1. The number of aryl methyl sites for hydroxylation is 1. The summed E-state index contributed by atoms with van der Waals surface area (Å²) in [5.74, 6) is 0. The second-order valence-corrected chi connectivity index (χ2v) is 13.1. The molecule has 0 aliphatic rings. The summed E-state index contributed by atoms with van der Waals surface area (Å²) in [5, 5.41) is 13.3. The molecule has 0 saturated heterocycles. The Kier molecular flexibility index (Phi) is 38.5. The first-order chi connectivity index (χ1) is 22.7. The van der Waals surface area contributed by atoms with Gasteiger partial charge in [0.25, 0.3) is 0 Å². The number of nitrogens with one attached hydrogen (secondary N) is 1. The summed E-state index contributed by atoms with van der Waals surface area (Å²) in [6.45, 7) is 21.4. The van der Waals surface area contributed by atoms with Gasteiger partial charge in [0, 0.05) is 18.3 Å². The van der Waals surface area contributed by atoms with Gasteiger partial charge in [-0.3, -0.25) is 0 Å². The van der Waals surface area contributed by atoms with Crippen LogP contribution in [0.1, 0.15) is 207 Å². The molecule has 0 bridgehead atoms. The first-order valence-electron chi connectivity index (χ1n) is 19.7. The van der Waals surface area contributed by atoms with Crippen molar-refractivity contribution in [2.45, 2.75) is 208 Å². The molecule has 2 N–H and O–H groups in total. The van der Waals surface area contributed by atoms with E-state index in [-0.39, 0.29) is 6.61 Å². The second-order valence-electron chi connectivity index (χ2n) is 12.6. The van der Waals surface area contributed by atoms with E-state index in [1.165, 1.54) is 151 Å². The summed E-state index contributed by atoms with van der Waals surface area (Å²) in [6, 6.07) is 0.441. The monoisotopic (exact) mass is 662 g/mol. The van der Waals surface area contributed by atoms with E-state index in [0.29, 0.717) is 12.5 Å². The molecule has 270 valence electrons. The van der Waals surface area contributed by atoms with E-state index in [2.05, 4.69) is 56.3 Å². The van der Waals surface area contributed by atoms with Gasteiger partial charge in [-0.2, -0.15) is 8.75 Å². The van der Waals surface area contributed by atoms with Crippen LogP contribution in [-0.2, 0) is 6.42 Å². The molecule has 0 radical (unpaired) electrons. The van der Waals surface area contributed by atoms with E-state index in [4.69, 9.17) is 4.37 Å². The van der Waals surface area contributed by atoms with Crippen molar-refractivity contribution in [2.75, 3.05) is 6.61 Å². The SMILES string of the molecule is C=C.C=C(CCCCCCCCCCCCCCCC)NC(CCC)CC/C(=C\CCO)c1nsnc1CCCCCCC.CC. The highest BCUT2D eigenvalue weighted by Gasteiger charge is 2.16. The van der Waals surface area contributed by atoms with Crippen molar-refractivity contribution in [3.05, 3.63) is 42.9 Å². The third kappa shape index (κ3) is 27.6. The zero-order valence-electron chi connectivity index (χ0n) is 31.6. The van der Waals surface area contributed by atoms with Crippen molar-refractivity contribution in [1.82, 2.24) is 14.1 Å². The minimum Gasteiger partial charge on any atom is -0.396 e. The topological polar surface area (TPSA) is 58.0 Å². The molecule has 1 aromatic heterocycles. The Morgan fingerprint density at radius 2 is 1.20 bits per heavy atom. The predicted molar refractivity (Wildman–Crippen MR) is 210 cm³/mol. The number of aromatic nitrogens is 2. The smallest absolute Gasteiger partial charge is 0.103 e. The van der Waals surface area contributed by atoms with Gasteiger partial charge in [-0.1, -0.05) is 163 Å². The molecule has 1 atom stereocenters. The van der Waals surface area contributed by atoms with E-state index >= 15 is 0 Å². The molecular weight excluding hydrogens is 583 g/mol. The number of hydrogen-bond acceptors (Lipinski definition) is 5. The Bertz CT molecular complexity index is 790. The number of allylic oxidation sites excluding steroid dienone is 2. The lowest BCUT2D eigenvalue weighted by Gasteiger charge is -2.22. The molecule has 0 saturated carbocycles. The molecule has 0 aromatic carbocycles. The van der Waals surface area contributed by atoms with Gasteiger partial charge in [0.05, 0.1) is 17.4 Å². The summed E-state index contributed by atoms with van der Waals surface area (Å²) in [6.07, 6.45) is 35.3. The number of hydrogen-bond donors (Lipinski definition) is 2. The highest BCUT2D eigenvalue weighted by Crippen LogP contribution is 2.26. The van der Waals surface area contributed by atoms with Crippen LogP contribution in [0.4, 0.5) is 0 Å². The number of rotatable bonds is 31. The Hall–Kier alpha value is -1.46. The van der Waals surface area contributed by atoms with E-state index < -0.39 is 0 Å². The number of aliphatic hydroxyl groups excluding tert-OH is 1. The Morgan fingerprint density at radius 3 is 1.70 bits per heavy atom. The van der Waals surface area contributed by atoms with Crippen LogP contribution < -0.4 is 5.32 Å². The normalized spacial score (nSPS) is 11.7. The summed E-state index contributed by atoms with van der Waals surface area (Å²) >= 11 is 1.34. The van der Waals surface area contributed by atoms with Crippen molar-refractivity contribution in [3.63, 3.8) is 0 Å². The fourth-order valence-corrected chi connectivity index (χ4v) is 6.55. The molecular formula is C41H79N3OS. The summed E-state index contributed by atoms with van der Waals surface area (Å²) in [5.41, 5.74) is 4.71. The van der Waals surface area contributed by atoms with Crippen LogP contribution in [0.25, 0.3) is 5.57 Å². The first kappa shape index (κ1) is 46.7. The summed E-state index contributed by atoms with van der Waals surface area (Å²) in [7, 11) is 0. The van der Waals surface area contributed by atoms with Gasteiger partial charge in [-0.15, -0.1) is 13.2 Å². The van der Waals surface area contributed by atoms with Crippen molar-refractivity contribution in [2.24, 2.45) is 0 Å². The number of nitrogens with zero attached hydrogens (tertiary/aromatic N) is 2. The van der Waals surface area contributed by atoms with E-state index in [0.717, 1.165) is 43.5 Å². The summed E-state index contributed by atoms with van der Waals surface area (Å²) in [4.78, 5) is 0. The molecule has 0 fully saturated rings. The fraction of sp³-hybridized carbons (Fsp3) is 0.805. The maximum Gasteiger partial charge on any atom is 0.103 e. The van der Waals surface area contributed by atoms with Crippen LogP contribution in [-0.4, -0.2) is 26.5 Å².